The molecule has 3 rings (SSSR count). The fraction of sp³-hybridized carbons (Fsp3) is 0.444. The Morgan fingerprint density at radius 3 is 2.81 bits per heavy atom. The minimum absolute atomic E-state index is 0.114. The van der Waals surface area contributed by atoms with Gasteiger partial charge in [-0.05, 0) is 31.0 Å². The molecule has 0 unspecified atom stereocenters. The molecule has 0 spiro atoms. The summed E-state index contributed by atoms with van der Waals surface area (Å²) in [7, 11) is 3.08. The molecular weight excluding hydrogens is 352 g/mol. The van der Waals surface area contributed by atoms with Gasteiger partial charge in [0.25, 0.3) is 0 Å². The fourth-order valence-electron chi connectivity index (χ4n) is 2.90. The molecule has 1 N–H and O–H groups in total. The Labute approximate surface area is 156 Å². The van der Waals surface area contributed by atoms with Gasteiger partial charge in [-0.25, -0.2) is 0 Å². The normalized spacial score (nSPS) is 13.7. The molecule has 2 heterocycles. The Morgan fingerprint density at radius 2 is 2.11 bits per heavy atom. The number of aromatic nitrogens is 2. The minimum atomic E-state index is -0.443. The van der Waals surface area contributed by atoms with Gasteiger partial charge in [0.1, 0.15) is 0 Å². The number of carbonyl (C=O) groups is 2. The zero-order valence-electron chi connectivity index (χ0n) is 15.4. The van der Waals surface area contributed by atoms with Crippen LogP contribution in [0.25, 0.3) is 11.4 Å². The molecule has 27 heavy (non-hydrogen) atoms. The molecule has 1 aromatic carbocycles. The number of likely N-dealkylation sites (tertiary alicyclic amines) is 1. The second kappa shape index (κ2) is 8.52. The van der Waals surface area contributed by atoms with Gasteiger partial charge >= 0.3 is 11.8 Å². The van der Waals surface area contributed by atoms with E-state index in [1.807, 2.05) is 4.90 Å². The van der Waals surface area contributed by atoms with Crippen molar-refractivity contribution in [2.24, 2.45) is 0 Å². The van der Waals surface area contributed by atoms with E-state index in [1.54, 1.807) is 25.3 Å². The molecule has 0 atom stereocenters. The van der Waals surface area contributed by atoms with Gasteiger partial charge in [-0.3, -0.25) is 9.59 Å². The van der Waals surface area contributed by atoms with Crippen LogP contribution in [0.4, 0.5) is 0 Å². The Kier molecular flexibility index (Phi) is 5.90. The largest absolute Gasteiger partial charge is 0.493 e. The first-order valence-corrected chi connectivity index (χ1v) is 8.74. The van der Waals surface area contributed by atoms with Crippen molar-refractivity contribution in [3.05, 3.63) is 24.1 Å². The number of hydrogen-bond acceptors (Lipinski definition) is 7. The van der Waals surface area contributed by atoms with Crippen LogP contribution in [-0.2, 0) is 4.79 Å². The lowest BCUT2D eigenvalue weighted by atomic mass is 10.2. The van der Waals surface area contributed by atoms with Crippen molar-refractivity contribution in [1.29, 1.82) is 0 Å². The average molecular weight is 374 g/mol. The van der Waals surface area contributed by atoms with Gasteiger partial charge in [-0.15, -0.1) is 0 Å². The number of hydrogen-bond donors (Lipinski definition) is 1. The van der Waals surface area contributed by atoms with Crippen molar-refractivity contribution in [1.82, 2.24) is 20.4 Å². The Morgan fingerprint density at radius 1 is 1.30 bits per heavy atom. The summed E-state index contributed by atoms with van der Waals surface area (Å²) in [6.45, 7) is 1.86. The second-order valence-electron chi connectivity index (χ2n) is 6.09. The highest BCUT2D eigenvalue weighted by atomic mass is 16.5. The molecular formula is C18H22N4O5. The van der Waals surface area contributed by atoms with Crippen molar-refractivity contribution in [2.45, 2.75) is 19.3 Å². The summed E-state index contributed by atoms with van der Waals surface area (Å²) in [6.07, 6.45) is 2.20. The van der Waals surface area contributed by atoms with Crippen LogP contribution in [0.3, 0.4) is 0 Å². The van der Waals surface area contributed by atoms with Gasteiger partial charge in [-0.1, -0.05) is 5.16 Å². The molecule has 0 bridgehead atoms. The first-order valence-electron chi connectivity index (χ1n) is 8.74. The number of benzene rings is 1. The van der Waals surface area contributed by atoms with Crippen LogP contribution >= 0.6 is 0 Å². The SMILES string of the molecule is COc1ccc(-c2noc(C(=O)NCCCN3CCCC3=O)n2)cc1OC. The highest BCUT2D eigenvalue weighted by molar-refractivity contribution is 5.89. The summed E-state index contributed by atoms with van der Waals surface area (Å²) < 4.78 is 15.5. The molecule has 9 heteroatoms. The van der Waals surface area contributed by atoms with E-state index in [4.69, 9.17) is 14.0 Å². The average Bonchev–Trinajstić information content (AvgIpc) is 3.34. The maximum absolute atomic E-state index is 12.1. The molecule has 2 amide bonds. The predicted molar refractivity (Wildman–Crippen MR) is 95.6 cm³/mol. The van der Waals surface area contributed by atoms with E-state index >= 15 is 0 Å². The third-order valence-electron chi connectivity index (χ3n) is 4.32. The Balaban J connectivity index is 1.55. The zero-order valence-corrected chi connectivity index (χ0v) is 15.4. The summed E-state index contributed by atoms with van der Waals surface area (Å²) in [5.74, 6) is 1.02. The molecule has 1 fully saturated rings. The molecule has 0 saturated carbocycles. The van der Waals surface area contributed by atoms with Crippen LogP contribution in [0, 0.1) is 0 Å². The van der Waals surface area contributed by atoms with Crippen LogP contribution in [0.15, 0.2) is 22.7 Å². The van der Waals surface area contributed by atoms with Gasteiger partial charge in [-0.2, -0.15) is 4.98 Å². The molecule has 9 nitrogen and oxygen atoms in total. The van der Waals surface area contributed by atoms with E-state index in [1.165, 1.54) is 7.11 Å². The number of nitrogens with one attached hydrogen (secondary N) is 1. The summed E-state index contributed by atoms with van der Waals surface area (Å²) in [5.41, 5.74) is 0.642. The lowest BCUT2D eigenvalue weighted by molar-refractivity contribution is -0.127. The van der Waals surface area contributed by atoms with Gasteiger partial charge < -0.3 is 24.2 Å². The molecule has 0 aliphatic carbocycles. The van der Waals surface area contributed by atoms with Gasteiger partial charge in [0.15, 0.2) is 11.5 Å². The van der Waals surface area contributed by atoms with Gasteiger partial charge in [0.2, 0.25) is 11.7 Å². The predicted octanol–water partition coefficient (Wildman–Crippen LogP) is 1.50. The molecule has 1 saturated heterocycles. The van der Waals surface area contributed by atoms with E-state index in [2.05, 4.69) is 15.5 Å². The van der Waals surface area contributed by atoms with Crippen molar-refractivity contribution in [2.75, 3.05) is 33.9 Å². The summed E-state index contributed by atoms with van der Waals surface area (Å²) in [5, 5.41) is 6.57. The molecule has 1 aliphatic rings. The van der Waals surface area contributed by atoms with Gasteiger partial charge in [0, 0.05) is 31.6 Å². The van der Waals surface area contributed by atoms with Crippen molar-refractivity contribution >= 4 is 11.8 Å². The smallest absolute Gasteiger partial charge is 0.316 e. The number of carbonyl (C=O) groups excluding carboxylic acids is 2. The number of methoxy groups -OCH3 is 2. The summed E-state index contributed by atoms with van der Waals surface area (Å²) in [4.78, 5) is 29.6. The first-order chi connectivity index (χ1) is 13.1. The second-order valence-corrected chi connectivity index (χ2v) is 6.09. The van der Waals surface area contributed by atoms with E-state index in [9.17, 15) is 9.59 Å². The third-order valence-corrected chi connectivity index (χ3v) is 4.32. The first kappa shape index (κ1) is 18.7. The van der Waals surface area contributed by atoms with E-state index < -0.39 is 5.91 Å². The topological polar surface area (TPSA) is 107 Å². The lowest BCUT2D eigenvalue weighted by Crippen LogP contribution is -2.30. The molecule has 144 valence electrons. The number of amides is 2. The van der Waals surface area contributed by atoms with Gasteiger partial charge in [0.05, 0.1) is 14.2 Å². The van der Waals surface area contributed by atoms with Crippen molar-refractivity contribution in [3.8, 4) is 22.9 Å². The van der Waals surface area contributed by atoms with Crippen molar-refractivity contribution in [3.63, 3.8) is 0 Å². The summed E-state index contributed by atoms with van der Waals surface area (Å²) in [6, 6.07) is 5.18. The van der Waals surface area contributed by atoms with E-state index in [0.717, 1.165) is 13.0 Å². The Hall–Kier alpha value is -3.10. The van der Waals surface area contributed by atoms with E-state index in [-0.39, 0.29) is 17.6 Å². The third kappa shape index (κ3) is 4.36. The zero-order chi connectivity index (χ0) is 19.2. The van der Waals surface area contributed by atoms with Crippen LogP contribution in [0.5, 0.6) is 11.5 Å². The highest BCUT2D eigenvalue weighted by Gasteiger charge is 2.20. The number of nitrogens with zero attached hydrogens (tertiary/aromatic N) is 3. The summed E-state index contributed by atoms with van der Waals surface area (Å²) >= 11 is 0. The standard InChI is InChI=1S/C18H22N4O5/c1-25-13-7-6-12(11-14(13)26-2)16-20-18(27-21-16)17(24)19-8-4-10-22-9-3-5-15(22)23/h6-7,11H,3-5,8-10H2,1-2H3,(H,19,24). The number of rotatable bonds is 8. The van der Waals surface area contributed by atoms with E-state index in [0.29, 0.717) is 43.0 Å². The lowest BCUT2D eigenvalue weighted by Gasteiger charge is -2.14. The molecule has 1 aromatic heterocycles. The molecule has 1 aliphatic heterocycles. The van der Waals surface area contributed by atoms with Crippen LogP contribution in [0.2, 0.25) is 0 Å². The van der Waals surface area contributed by atoms with Crippen LogP contribution in [0.1, 0.15) is 29.9 Å². The molecule has 2 aromatic rings. The van der Waals surface area contributed by atoms with Crippen molar-refractivity contribution < 1.29 is 23.6 Å². The Bertz CT molecular complexity index is 820. The highest BCUT2D eigenvalue weighted by Crippen LogP contribution is 2.31. The maximum atomic E-state index is 12.1. The number of ether oxygens (including phenoxy) is 2. The maximum Gasteiger partial charge on any atom is 0.316 e. The quantitative estimate of drug-likeness (QED) is 0.698. The van der Waals surface area contributed by atoms with Crippen LogP contribution < -0.4 is 14.8 Å². The monoisotopic (exact) mass is 374 g/mol. The fourth-order valence-corrected chi connectivity index (χ4v) is 2.90. The van der Waals surface area contributed by atoms with Crippen LogP contribution in [-0.4, -0.2) is 60.7 Å². The molecule has 0 radical (unpaired) electrons. The minimum Gasteiger partial charge on any atom is -0.493 e.